The van der Waals surface area contributed by atoms with Gasteiger partial charge in [-0.25, -0.2) is 4.79 Å². The fourth-order valence-corrected chi connectivity index (χ4v) is 1.88. The molecule has 0 amide bonds. The number of aryl methyl sites for hydroxylation is 1. The minimum Gasteiger partial charge on any atom is -0.478 e. The van der Waals surface area contributed by atoms with Crippen molar-refractivity contribution in [2.45, 2.75) is 6.92 Å². The Morgan fingerprint density at radius 3 is 2.67 bits per heavy atom. The molecule has 4 heteroatoms. The van der Waals surface area contributed by atoms with Gasteiger partial charge in [-0.3, -0.25) is 0 Å². The van der Waals surface area contributed by atoms with Crippen molar-refractivity contribution in [3.63, 3.8) is 0 Å². The molecular formula is C14H12ClNO2. The van der Waals surface area contributed by atoms with E-state index in [2.05, 4.69) is 5.32 Å². The van der Waals surface area contributed by atoms with Gasteiger partial charge in [0, 0.05) is 16.4 Å². The highest BCUT2D eigenvalue weighted by atomic mass is 35.5. The maximum absolute atomic E-state index is 10.9. The van der Waals surface area contributed by atoms with Gasteiger partial charge >= 0.3 is 5.97 Å². The molecule has 0 saturated carbocycles. The second-order valence-electron chi connectivity index (χ2n) is 3.97. The predicted molar refractivity (Wildman–Crippen MR) is 72.9 cm³/mol. The Morgan fingerprint density at radius 1 is 1.22 bits per heavy atom. The van der Waals surface area contributed by atoms with Crippen molar-refractivity contribution in [1.82, 2.24) is 0 Å². The van der Waals surface area contributed by atoms with Crippen molar-refractivity contribution in [2.75, 3.05) is 5.32 Å². The summed E-state index contributed by atoms with van der Waals surface area (Å²) in [6.45, 7) is 1.94. The van der Waals surface area contributed by atoms with Crippen LogP contribution in [0.2, 0.25) is 5.02 Å². The van der Waals surface area contributed by atoms with E-state index in [9.17, 15) is 4.79 Å². The van der Waals surface area contributed by atoms with Gasteiger partial charge in [-0.2, -0.15) is 0 Å². The first-order valence-corrected chi connectivity index (χ1v) is 5.80. The second kappa shape index (κ2) is 5.10. The summed E-state index contributed by atoms with van der Waals surface area (Å²) in [5.41, 5.74) is 2.90. The first-order valence-electron chi connectivity index (χ1n) is 5.43. The molecular weight excluding hydrogens is 250 g/mol. The van der Waals surface area contributed by atoms with E-state index in [-0.39, 0.29) is 5.56 Å². The van der Waals surface area contributed by atoms with E-state index in [0.717, 1.165) is 16.9 Å². The molecule has 0 aromatic heterocycles. The lowest BCUT2D eigenvalue weighted by Gasteiger charge is -2.10. The first kappa shape index (κ1) is 12.5. The molecule has 0 heterocycles. The molecule has 2 aromatic rings. The molecule has 0 aliphatic rings. The molecule has 0 saturated heterocycles. The van der Waals surface area contributed by atoms with Crippen molar-refractivity contribution in [2.24, 2.45) is 0 Å². The third-order valence-electron chi connectivity index (χ3n) is 2.58. The highest BCUT2D eigenvalue weighted by molar-refractivity contribution is 6.30. The van der Waals surface area contributed by atoms with E-state index in [0.29, 0.717) is 5.02 Å². The molecule has 0 unspecified atom stereocenters. The topological polar surface area (TPSA) is 49.3 Å². The number of rotatable bonds is 3. The number of benzene rings is 2. The Balaban J connectivity index is 2.28. The van der Waals surface area contributed by atoms with Crippen molar-refractivity contribution in [3.05, 3.63) is 58.6 Å². The van der Waals surface area contributed by atoms with E-state index in [1.165, 1.54) is 0 Å². The molecule has 2 aromatic carbocycles. The Morgan fingerprint density at radius 2 is 2.00 bits per heavy atom. The molecule has 2 rings (SSSR count). The quantitative estimate of drug-likeness (QED) is 0.875. The lowest BCUT2D eigenvalue weighted by molar-refractivity contribution is 0.0697. The van der Waals surface area contributed by atoms with Gasteiger partial charge < -0.3 is 10.4 Å². The smallest absolute Gasteiger partial charge is 0.335 e. The van der Waals surface area contributed by atoms with E-state index >= 15 is 0 Å². The third-order valence-corrected chi connectivity index (χ3v) is 2.81. The van der Waals surface area contributed by atoms with Crippen LogP contribution < -0.4 is 5.32 Å². The normalized spacial score (nSPS) is 10.1. The highest BCUT2D eigenvalue weighted by Gasteiger charge is 2.04. The zero-order valence-electron chi connectivity index (χ0n) is 9.77. The van der Waals surface area contributed by atoms with Crippen LogP contribution in [0, 0.1) is 6.92 Å². The molecule has 3 nitrogen and oxygen atoms in total. The van der Waals surface area contributed by atoms with Crippen LogP contribution in [0.25, 0.3) is 0 Å². The van der Waals surface area contributed by atoms with E-state index in [1.54, 1.807) is 24.3 Å². The van der Waals surface area contributed by atoms with Crippen LogP contribution in [-0.2, 0) is 0 Å². The molecule has 0 aliphatic carbocycles. The maximum atomic E-state index is 10.9. The predicted octanol–water partition coefficient (Wildman–Crippen LogP) is 4.09. The van der Waals surface area contributed by atoms with Gasteiger partial charge in [-0.15, -0.1) is 0 Å². The van der Waals surface area contributed by atoms with E-state index in [4.69, 9.17) is 16.7 Å². The molecule has 18 heavy (non-hydrogen) atoms. The summed E-state index contributed by atoms with van der Waals surface area (Å²) in [6, 6.07) is 12.2. The zero-order valence-corrected chi connectivity index (χ0v) is 10.5. The first-order chi connectivity index (χ1) is 8.56. The van der Waals surface area contributed by atoms with Gasteiger partial charge in [0.1, 0.15) is 0 Å². The standard InChI is InChI=1S/C14H12ClNO2/c1-9-7-11(15)5-6-13(9)16-12-4-2-3-10(8-12)14(17)18/h2-8,16H,1H3,(H,17,18). The van der Waals surface area contributed by atoms with Crippen molar-refractivity contribution in [1.29, 1.82) is 0 Å². The van der Waals surface area contributed by atoms with E-state index < -0.39 is 5.97 Å². The van der Waals surface area contributed by atoms with Crippen LogP contribution in [0.1, 0.15) is 15.9 Å². The van der Waals surface area contributed by atoms with Crippen LogP contribution in [0.4, 0.5) is 11.4 Å². The van der Waals surface area contributed by atoms with Crippen LogP contribution in [-0.4, -0.2) is 11.1 Å². The summed E-state index contributed by atoms with van der Waals surface area (Å²) < 4.78 is 0. The number of hydrogen-bond donors (Lipinski definition) is 2. The number of carbonyl (C=O) groups is 1. The molecule has 0 bridgehead atoms. The van der Waals surface area contributed by atoms with E-state index in [1.807, 2.05) is 25.1 Å². The largest absolute Gasteiger partial charge is 0.478 e. The fraction of sp³-hybridized carbons (Fsp3) is 0.0714. The van der Waals surface area contributed by atoms with Gasteiger partial charge in [-0.05, 0) is 48.9 Å². The minimum atomic E-state index is -0.938. The molecule has 0 aliphatic heterocycles. The fourth-order valence-electron chi connectivity index (χ4n) is 1.65. The van der Waals surface area contributed by atoms with Gasteiger partial charge in [0.25, 0.3) is 0 Å². The number of carboxylic acid groups (broad SMARTS) is 1. The maximum Gasteiger partial charge on any atom is 0.335 e. The summed E-state index contributed by atoms with van der Waals surface area (Å²) in [5, 5.41) is 12.8. The van der Waals surface area contributed by atoms with Crippen molar-refractivity contribution >= 4 is 28.9 Å². The number of halogens is 1. The molecule has 0 fully saturated rings. The zero-order chi connectivity index (χ0) is 13.1. The molecule has 0 atom stereocenters. The number of nitrogens with one attached hydrogen (secondary N) is 1. The summed E-state index contributed by atoms with van der Waals surface area (Å²) in [4.78, 5) is 10.9. The van der Waals surface area contributed by atoms with Crippen LogP contribution in [0.3, 0.4) is 0 Å². The Labute approximate surface area is 110 Å². The Bertz CT molecular complexity index is 596. The average Bonchev–Trinajstić information content (AvgIpc) is 2.33. The number of aromatic carboxylic acids is 1. The minimum absolute atomic E-state index is 0.256. The Hall–Kier alpha value is -2.00. The summed E-state index contributed by atoms with van der Waals surface area (Å²) >= 11 is 5.88. The number of hydrogen-bond acceptors (Lipinski definition) is 2. The third kappa shape index (κ3) is 2.81. The number of anilines is 2. The molecule has 0 spiro atoms. The van der Waals surface area contributed by atoms with Gasteiger partial charge in [0.15, 0.2) is 0 Å². The van der Waals surface area contributed by atoms with Crippen LogP contribution in [0.15, 0.2) is 42.5 Å². The van der Waals surface area contributed by atoms with Gasteiger partial charge in [-0.1, -0.05) is 17.7 Å². The lowest BCUT2D eigenvalue weighted by Crippen LogP contribution is -1.98. The average molecular weight is 262 g/mol. The molecule has 2 N–H and O–H groups in total. The number of carboxylic acids is 1. The second-order valence-corrected chi connectivity index (χ2v) is 4.41. The summed E-state index contributed by atoms with van der Waals surface area (Å²) in [7, 11) is 0. The summed E-state index contributed by atoms with van der Waals surface area (Å²) in [6.07, 6.45) is 0. The van der Waals surface area contributed by atoms with Crippen molar-refractivity contribution < 1.29 is 9.90 Å². The Kier molecular flexibility index (Phi) is 3.53. The lowest BCUT2D eigenvalue weighted by atomic mass is 10.1. The van der Waals surface area contributed by atoms with Crippen LogP contribution >= 0.6 is 11.6 Å². The molecule has 92 valence electrons. The van der Waals surface area contributed by atoms with Crippen molar-refractivity contribution in [3.8, 4) is 0 Å². The molecule has 0 radical (unpaired) electrons. The van der Waals surface area contributed by atoms with Gasteiger partial charge in [0.2, 0.25) is 0 Å². The summed E-state index contributed by atoms with van der Waals surface area (Å²) in [5.74, 6) is -0.938. The van der Waals surface area contributed by atoms with Crippen LogP contribution in [0.5, 0.6) is 0 Å². The monoisotopic (exact) mass is 261 g/mol. The highest BCUT2D eigenvalue weighted by Crippen LogP contribution is 2.24. The SMILES string of the molecule is Cc1cc(Cl)ccc1Nc1cccc(C(=O)O)c1. The van der Waals surface area contributed by atoms with Gasteiger partial charge in [0.05, 0.1) is 5.56 Å².